The molecule has 0 bridgehead atoms. The van der Waals surface area contributed by atoms with E-state index in [0.29, 0.717) is 17.6 Å². The average molecular weight is 304 g/mol. The molecular formula is C16H24N4O2. The highest BCUT2D eigenvalue weighted by Crippen LogP contribution is 2.25. The van der Waals surface area contributed by atoms with Crippen LogP contribution in [0.2, 0.25) is 0 Å². The van der Waals surface area contributed by atoms with E-state index in [2.05, 4.69) is 15.6 Å². The minimum absolute atomic E-state index is 0.142. The summed E-state index contributed by atoms with van der Waals surface area (Å²) in [7, 11) is 1.81. The molecule has 1 amide bonds. The van der Waals surface area contributed by atoms with Gasteiger partial charge in [-0.1, -0.05) is 32.9 Å². The number of aromatic nitrogens is 3. The van der Waals surface area contributed by atoms with Gasteiger partial charge in [0.15, 0.2) is 0 Å². The maximum absolute atomic E-state index is 12.3. The average Bonchev–Trinajstić information content (AvgIpc) is 2.84. The van der Waals surface area contributed by atoms with Crippen LogP contribution in [0.15, 0.2) is 18.2 Å². The number of aliphatic hydroxyl groups excluding tert-OH is 1. The van der Waals surface area contributed by atoms with Crippen molar-refractivity contribution in [2.24, 2.45) is 18.4 Å². The number of nitrogens with one attached hydrogen (secondary N) is 1. The minimum atomic E-state index is -0.477. The number of nitrogens with zero attached hydrogens (tertiary/aromatic N) is 3. The number of benzene rings is 1. The van der Waals surface area contributed by atoms with Crippen molar-refractivity contribution in [2.75, 3.05) is 6.54 Å². The fraction of sp³-hybridized carbons (Fsp3) is 0.562. The zero-order valence-electron chi connectivity index (χ0n) is 13.8. The smallest absolute Gasteiger partial charge is 0.251 e. The summed E-state index contributed by atoms with van der Waals surface area (Å²) in [5.74, 6) is -0.0283. The van der Waals surface area contributed by atoms with E-state index in [1.165, 1.54) is 0 Å². The third-order valence-corrected chi connectivity index (χ3v) is 4.01. The Morgan fingerprint density at radius 3 is 2.73 bits per heavy atom. The number of aliphatic hydroxyl groups is 1. The Morgan fingerprint density at radius 2 is 2.09 bits per heavy atom. The number of hydrogen-bond acceptors (Lipinski definition) is 4. The lowest BCUT2D eigenvalue weighted by Gasteiger charge is -2.33. The van der Waals surface area contributed by atoms with E-state index in [4.69, 9.17) is 0 Å². The van der Waals surface area contributed by atoms with Gasteiger partial charge in [-0.15, -0.1) is 5.10 Å². The maximum atomic E-state index is 12.3. The number of carbonyl (C=O) groups excluding carboxylic acids is 1. The molecule has 0 saturated heterocycles. The fourth-order valence-electron chi connectivity index (χ4n) is 2.60. The van der Waals surface area contributed by atoms with Gasteiger partial charge in [-0.3, -0.25) is 4.79 Å². The molecule has 0 fully saturated rings. The first-order chi connectivity index (χ1) is 10.2. The van der Waals surface area contributed by atoms with Crippen molar-refractivity contribution in [2.45, 2.75) is 33.8 Å². The third-order valence-electron chi connectivity index (χ3n) is 4.01. The molecule has 6 heteroatoms. The molecule has 1 heterocycles. The van der Waals surface area contributed by atoms with Crippen molar-refractivity contribution in [3.8, 4) is 0 Å². The van der Waals surface area contributed by atoms with Crippen LogP contribution in [0.4, 0.5) is 0 Å². The van der Waals surface area contributed by atoms with Crippen molar-refractivity contribution in [3.63, 3.8) is 0 Å². The van der Waals surface area contributed by atoms with Crippen LogP contribution in [0.5, 0.6) is 0 Å². The monoisotopic (exact) mass is 304 g/mol. The summed E-state index contributed by atoms with van der Waals surface area (Å²) in [6, 6.07) is 5.31. The second-order valence-corrected chi connectivity index (χ2v) is 6.78. The summed E-state index contributed by atoms with van der Waals surface area (Å²) < 4.78 is 1.67. The van der Waals surface area contributed by atoms with Crippen LogP contribution >= 0.6 is 0 Å². The van der Waals surface area contributed by atoms with Gasteiger partial charge in [0.2, 0.25) is 0 Å². The third kappa shape index (κ3) is 3.27. The summed E-state index contributed by atoms with van der Waals surface area (Å²) in [5.41, 5.74) is 1.73. The summed E-state index contributed by atoms with van der Waals surface area (Å²) in [6.07, 6.45) is -0.477. The molecule has 120 valence electrons. The van der Waals surface area contributed by atoms with Crippen molar-refractivity contribution in [3.05, 3.63) is 23.8 Å². The molecule has 22 heavy (non-hydrogen) atoms. The van der Waals surface area contributed by atoms with E-state index in [-0.39, 0.29) is 17.2 Å². The van der Waals surface area contributed by atoms with E-state index >= 15 is 0 Å². The van der Waals surface area contributed by atoms with Gasteiger partial charge in [0.1, 0.15) is 5.52 Å². The van der Waals surface area contributed by atoms with Gasteiger partial charge >= 0.3 is 0 Å². The molecule has 2 N–H and O–H groups in total. The summed E-state index contributed by atoms with van der Waals surface area (Å²) in [6.45, 7) is 8.24. The topological polar surface area (TPSA) is 80.0 Å². The summed E-state index contributed by atoms with van der Waals surface area (Å²) >= 11 is 0. The first-order valence-corrected chi connectivity index (χ1v) is 7.48. The van der Waals surface area contributed by atoms with E-state index < -0.39 is 6.10 Å². The highest BCUT2D eigenvalue weighted by atomic mass is 16.3. The number of amides is 1. The Hall–Kier alpha value is -1.95. The predicted molar refractivity (Wildman–Crippen MR) is 85.5 cm³/mol. The van der Waals surface area contributed by atoms with Gasteiger partial charge in [-0.2, -0.15) is 0 Å². The maximum Gasteiger partial charge on any atom is 0.251 e. The van der Waals surface area contributed by atoms with Crippen molar-refractivity contribution >= 4 is 16.9 Å². The molecule has 1 atom stereocenters. The molecule has 1 aromatic carbocycles. The molecule has 1 aromatic heterocycles. The molecule has 1 unspecified atom stereocenters. The van der Waals surface area contributed by atoms with Crippen LogP contribution in [0.25, 0.3) is 11.0 Å². The molecule has 6 nitrogen and oxygen atoms in total. The van der Waals surface area contributed by atoms with Crippen molar-refractivity contribution in [1.82, 2.24) is 20.3 Å². The number of aryl methyl sites for hydroxylation is 1. The van der Waals surface area contributed by atoms with Crippen LogP contribution in [-0.2, 0) is 7.05 Å². The summed E-state index contributed by atoms with van der Waals surface area (Å²) in [4.78, 5) is 12.3. The predicted octanol–water partition coefficient (Wildman–Crippen LogP) is 1.74. The van der Waals surface area contributed by atoms with Gasteiger partial charge in [-0.05, 0) is 24.1 Å². The fourth-order valence-corrected chi connectivity index (χ4v) is 2.60. The van der Waals surface area contributed by atoms with Crippen molar-refractivity contribution in [1.29, 1.82) is 0 Å². The lowest BCUT2D eigenvalue weighted by Crippen LogP contribution is -2.43. The quantitative estimate of drug-likeness (QED) is 0.882. The number of rotatable bonds is 5. The Balaban J connectivity index is 2.08. The molecule has 0 aliphatic carbocycles. The first-order valence-electron chi connectivity index (χ1n) is 7.48. The Kier molecular flexibility index (Phi) is 4.51. The zero-order chi connectivity index (χ0) is 16.5. The molecule has 0 radical (unpaired) electrons. The molecule has 0 aliphatic heterocycles. The number of hydrogen-bond donors (Lipinski definition) is 2. The van der Waals surface area contributed by atoms with E-state index in [1.54, 1.807) is 16.8 Å². The van der Waals surface area contributed by atoms with E-state index in [9.17, 15) is 9.90 Å². The normalized spacial score (nSPS) is 13.6. The molecule has 0 spiro atoms. The molecule has 2 aromatic rings. The zero-order valence-corrected chi connectivity index (χ0v) is 13.8. The lowest BCUT2D eigenvalue weighted by atomic mass is 9.80. The van der Waals surface area contributed by atoms with Gasteiger partial charge in [-0.25, -0.2) is 4.68 Å². The van der Waals surface area contributed by atoms with Gasteiger partial charge in [0.05, 0.1) is 11.6 Å². The number of carbonyl (C=O) groups is 1. The molecular weight excluding hydrogens is 280 g/mol. The van der Waals surface area contributed by atoms with Crippen LogP contribution in [0, 0.1) is 11.3 Å². The lowest BCUT2D eigenvalue weighted by molar-refractivity contribution is 0.0138. The Morgan fingerprint density at radius 1 is 1.41 bits per heavy atom. The Bertz CT molecular complexity index is 676. The van der Waals surface area contributed by atoms with Crippen molar-refractivity contribution < 1.29 is 9.90 Å². The Labute approximate surface area is 130 Å². The minimum Gasteiger partial charge on any atom is -0.392 e. The first kappa shape index (κ1) is 16.4. The second-order valence-electron chi connectivity index (χ2n) is 6.78. The molecule has 2 rings (SSSR count). The van der Waals surface area contributed by atoms with Gasteiger partial charge < -0.3 is 10.4 Å². The van der Waals surface area contributed by atoms with Gasteiger partial charge in [0.25, 0.3) is 5.91 Å². The van der Waals surface area contributed by atoms with E-state index in [0.717, 1.165) is 5.52 Å². The number of fused-ring (bicyclic) bond motifs is 1. The van der Waals surface area contributed by atoms with Crippen LogP contribution < -0.4 is 5.32 Å². The van der Waals surface area contributed by atoms with Crippen LogP contribution in [0.3, 0.4) is 0 Å². The highest BCUT2D eigenvalue weighted by Gasteiger charge is 2.30. The van der Waals surface area contributed by atoms with Gasteiger partial charge in [0, 0.05) is 24.6 Å². The SMILES string of the molecule is CC(C)C(O)C(C)(C)CNC(=O)c1ccc2c(c1)nnn2C. The molecule has 0 aliphatic rings. The van der Waals surface area contributed by atoms with E-state index in [1.807, 2.05) is 40.8 Å². The molecule has 0 saturated carbocycles. The standard InChI is InChI=1S/C16H24N4O2/c1-10(2)14(21)16(3,4)9-17-15(22)11-6-7-13-12(8-11)18-19-20(13)5/h6-8,10,14,21H,9H2,1-5H3,(H,17,22). The highest BCUT2D eigenvalue weighted by molar-refractivity contribution is 5.97. The second kappa shape index (κ2) is 6.04. The summed E-state index contributed by atoms with van der Waals surface area (Å²) in [5, 5.41) is 21.0. The van der Waals surface area contributed by atoms with Crippen LogP contribution in [-0.4, -0.2) is 38.7 Å². The van der Waals surface area contributed by atoms with Crippen LogP contribution in [0.1, 0.15) is 38.1 Å². The largest absolute Gasteiger partial charge is 0.392 e.